The molecule has 3 unspecified atom stereocenters. The van der Waals surface area contributed by atoms with Gasteiger partial charge in [-0.1, -0.05) is 26.7 Å². The first kappa shape index (κ1) is 12.1. The Balaban J connectivity index is 1.71. The largest absolute Gasteiger partial charge is 0.353 e. The van der Waals surface area contributed by atoms with Crippen molar-refractivity contribution in [2.75, 3.05) is 5.32 Å². The predicted molar refractivity (Wildman–Crippen MR) is 74.7 cm³/mol. The molecule has 0 amide bonds. The van der Waals surface area contributed by atoms with Crippen LogP contribution in [0.1, 0.15) is 58.4 Å². The molecule has 0 aliphatic heterocycles. The van der Waals surface area contributed by atoms with Crippen LogP contribution in [-0.2, 0) is 0 Å². The summed E-state index contributed by atoms with van der Waals surface area (Å²) in [4.78, 5) is 4.54. The molecule has 1 heterocycles. The summed E-state index contributed by atoms with van der Waals surface area (Å²) in [6.07, 6.45) is 12.1. The fraction of sp³-hybridized carbons (Fsp3) is 0.800. The van der Waals surface area contributed by atoms with Crippen molar-refractivity contribution in [3.63, 3.8) is 0 Å². The molecule has 0 saturated heterocycles. The Morgan fingerprint density at radius 3 is 2.61 bits per heavy atom. The zero-order valence-electron chi connectivity index (χ0n) is 11.6. The Bertz CT molecular complexity index is 392. The molecule has 3 atom stereocenters. The van der Waals surface area contributed by atoms with Gasteiger partial charge >= 0.3 is 0 Å². The molecule has 100 valence electrons. The normalized spacial score (nSPS) is 33.1. The van der Waals surface area contributed by atoms with Crippen LogP contribution in [0, 0.1) is 11.8 Å². The standard InChI is InChI=1S/C15H25N3/c1-11-7-8-14(12(11)2)17-15-16-9-10-18(15)13-5-3-4-6-13/h9-14H,3-8H2,1-2H3,(H,16,17). The monoisotopic (exact) mass is 247 g/mol. The first-order valence-corrected chi connectivity index (χ1v) is 7.55. The number of imidazole rings is 1. The SMILES string of the molecule is CC1CCC(Nc2nccn2C2CCCC2)C1C. The minimum Gasteiger partial charge on any atom is -0.353 e. The number of hydrogen-bond acceptors (Lipinski definition) is 2. The number of anilines is 1. The van der Waals surface area contributed by atoms with E-state index in [0.29, 0.717) is 12.1 Å². The molecule has 3 nitrogen and oxygen atoms in total. The Morgan fingerprint density at radius 1 is 1.17 bits per heavy atom. The molecule has 0 radical (unpaired) electrons. The summed E-state index contributed by atoms with van der Waals surface area (Å²) in [6, 6.07) is 1.30. The van der Waals surface area contributed by atoms with Gasteiger partial charge < -0.3 is 9.88 Å². The highest BCUT2D eigenvalue weighted by Gasteiger charge is 2.31. The molecule has 3 heteroatoms. The zero-order valence-corrected chi connectivity index (χ0v) is 11.6. The van der Waals surface area contributed by atoms with Gasteiger partial charge in [0.1, 0.15) is 0 Å². The predicted octanol–water partition coefficient (Wildman–Crippen LogP) is 3.84. The van der Waals surface area contributed by atoms with E-state index in [1.54, 1.807) is 0 Å². The second-order valence-electron chi connectivity index (χ2n) is 6.26. The molecule has 1 N–H and O–H groups in total. The third-order valence-corrected chi connectivity index (χ3v) is 5.17. The van der Waals surface area contributed by atoms with Gasteiger partial charge in [0.05, 0.1) is 0 Å². The molecular formula is C15H25N3. The molecule has 0 bridgehead atoms. The van der Waals surface area contributed by atoms with Gasteiger partial charge in [0.25, 0.3) is 0 Å². The van der Waals surface area contributed by atoms with E-state index < -0.39 is 0 Å². The Hall–Kier alpha value is -0.990. The van der Waals surface area contributed by atoms with Crippen LogP contribution in [0.2, 0.25) is 0 Å². The van der Waals surface area contributed by atoms with E-state index in [1.165, 1.54) is 38.5 Å². The van der Waals surface area contributed by atoms with Crippen molar-refractivity contribution in [3.8, 4) is 0 Å². The van der Waals surface area contributed by atoms with Crippen molar-refractivity contribution in [2.45, 2.75) is 64.5 Å². The van der Waals surface area contributed by atoms with Crippen LogP contribution < -0.4 is 5.32 Å². The van der Waals surface area contributed by atoms with Gasteiger partial charge in [-0.2, -0.15) is 0 Å². The Labute approximate surface area is 110 Å². The molecule has 2 saturated carbocycles. The Kier molecular flexibility index (Phi) is 3.31. The van der Waals surface area contributed by atoms with Crippen molar-refractivity contribution in [1.82, 2.24) is 9.55 Å². The average Bonchev–Trinajstić information content (AvgIpc) is 3.06. The third-order valence-electron chi connectivity index (χ3n) is 5.17. The van der Waals surface area contributed by atoms with Gasteiger partial charge in [0.2, 0.25) is 5.95 Å². The number of hydrogen-bond donors (Lipinski definition) is 1. The molecule has 2 fully saturated rings. The van der Waals surface area contributed by atoms with Crippen molar-refractivity contribution < 1.29 is 0 Å². The highest BCUT2D eigenvalue weighted by Crippen LogP contribution is 2.35. The van der Waals surface area contributed by atoms with Crippen LogP contribution >= 0.6 is 0 Å². The lowest BCUT2D eigenvalue weighted by atomic mass is 9.98. The summed E-state index contributed by atoms with van der Waals surface area (Å²) in [5, 5.41) is 3.70. The summed E-state index contributed by atoms with van der Waals surface area (Å²) in [7, 11) is 0. The minimum absolute atomic E-state index is 0.613. The molecule has 1 aromatic heterocycles. The second-order valence-corrected chi connectivity index (χ2v) is 6.26. The fourth-order valence-corrected chi connectivity index (χ4v) is 3.64. The van der Waals surface area contributed by atoms with Gasteiger partial charge in [-0.3, -0.25) is 0 Å². The van der Waals surface area contributed by atoms with E-state index >= 15 is 0 Å². The molecule has 0 spiro atoms. The lowest BCUT2D eigenvalue weighted by Crippen LogP contribution is -2.26. The molecule has 2 aliphatic rings. The van der Waals surface area contributed by atoms with Crippen molar-refractivity contribution >= 4 is 5.95 Å². The minimum atomic E-state index is 0.613. The number of nitrogens with zero attached hydrogens (tertiary/aromatic N) is 2. The second kappa shape index (κ2) is 4.94. The lowest BCUT2D eigenvalue weighted by molar-refractivity contribution is 0.431. The van der Waals surface area contributed by atoms with Crippen LogP contribution in [0.15, 0.2) is 12.4 Å². The van der Waals surface area contributed by atoms with Gasteiger partial charge in [-0.15, -0.1) is 0 Å². The number of nitrogens with one attached hydrogen (secondary N) is 1. The van der Waals surface area contributed by atoms with E-state index in [-0.39, 0.29) is 0 Å². The van der Waals surface area contributed by atoms with E-state index in [9.17, 15) is 0 Å². The molecule has 0 aromatic carbocycles. The molecule has 2 aliphatic carbocycles. The highest BCUT2D eigenvalue weighted by molar-refractivity contribution is 5.29. The maximum absolute atomic E-state index is 4.54. The number of rotatable bonds is 3. The smallest absolute Gasteiger partial charge is 0.203 e. The van der Waals surface area contributed by atoms with Crippen LogP contribution in [-0.4, -0.2) is 15.6 Å². The van der Waals surface area contributed by atoms with Crippen LogP contribution in [0.25, 0.3) is 0 Å². The summed E-state index contributed by atoms with van der Waals surface area (Å²) in [6.45, 7) is 4.74. The van der Waals surface area contributed by atoms with Gasteiger partial charge in [0, 0.05) is 24.5 Å². The quantitative estimate of drug-likeness (QED) is 0.879. The van der Waals surface area contributed by atoms with Crippen molar-refractivity contribution in [1.29, 1.82) is 0 Å². The third kappa shape index (κ3) is 2.15. The maximum Gasteiger partial charge on any atom is 0.203 e. The van der Waals surface area contributed by atoms with Crippen molar-refractivity contribution in [2.24, 2.45) is 11.8 Å². The van der Waals surface area contributed by atoms with Crippen LogP contribution in [0.4, 0.5) is 5.95 Å². The average molecular weight is 247 g/mol. The number of aromatic nitrogens is 2. The zero-order chi connectivity index (χ0) is 12.5. The van der Waals surface area contributed by atoms with Crippen LogP contribution in [0.5, 0.6) is 0 Å². The molecule has 3 rings (SSSR count). The van der Waals surface area contributed by atoms with Crippen molar-refractivity contribution in [3.05, 3.63) is 12.4 Å². The highest BCUT2D eigenvalue weighted by atomic mass is 15.2. The summed E-state index contributed by atoms with van der Waals surface area (Å²) in [5.41, 5.74) is 0. The van der Waals surface area contributed by atoms with Gasteiger partial charge in [-0.25, -0.2) is 4.98 Å². The first-order chi connectivity index (χ1) is 8.75. The van der Waals surface area contributed by atoms with E-state index in [4.69, 9.17) is 0 Å². The lowest BCUT2D eigenvalue weighted by Gasteiger charge is -2.22. The maximum atomic E-state index is 4.54. The van der Waals surface area contributed by atoms with Gasteiger partial charge in [0.15, 0.2) is 0 Å². The first-order valence-electron chi connectivity index (χ1n) is 7.55. The fourth-order valence-electron chi connectivity index (χ4n) is 3.64. The molecule has 1 aromatic rings. The summed E-state index contributed by atoms with van der Waals surface area (Å²) >= 11 is 0. The Morgan fingerprint density at radius 2 is 1.94 bits per heavy atom. The van der Waals surface area contributed by atoms with Gasteiger partial charge in [-0.05, 0) is 37.5 Å². The molecular weight excluding hydrogens is 222 g/mol. The summed E-state index contributed by atoms with van der Waals surface area (Å²) < 4.78 is 2.38. The van der Waals surface area contributed by atoms with Crippen LogP contribution in [0.3, 0.4) is 0 Å². The van der Waals surface area contributed by atoms with E-state index in [2.05, 4.69) is 34.9 Å². The topological polar surface area (TPSA) is 29.9 Å². The molecule has 18 heavy (non-hydrogen) atoms. The van der Waals surface area contributed by atoms with E-state index in [0.717, 1.165) is 17.8 Å². The summed E-state index contributed by atoms with van der Waals surface area (Å²) in [5.74, 6) is 2.71. The van der Waals surface area contributed by atoms with E-state index in [1.807, 2.05) is 6.20 Å².